The minimum absolute atomic E-state index is 0.107. The van der Waals surface area contributed by atoms with E-state index in [2.05, 4.69) is 15.3 Å². The Bertz CT molecular complexity index is 507. The molecular formula is C8H8N4O3S. The van der Waals surface area contributed by atoms with E-state index in [-0.39, 0.29) is 16.9 Å². The van der Waals surface area contributed by atoms with Gasteiger partial charge in [0.15, 0.2) is 0 Å². The molecule has 2 aromatic rings. The van der Waals surface area contributed by atoms with Crippen LogP contribution in [-0.4, -0.2) is 36.8 Å². The molecule has 2 heterocycles. The van der Waals surface area contributed by atoms with Crippen LogP contribution < -0.4 is 0 Å². The van der Waals surface area contributed by atoms with Gasteiger partial charge in [-0.2, -0.15) is 5.10 Å². The Kier molecular flexibility index (Phi) is 2.91. The van der Waals surface area contributed by atoms with Gasteiger partial charge in [0.25, 0.3) is 11.1 Å². The normalized spacial score (nSPS) is 10.6. The Morgan fingerprint density at radius 1 is 1.62 bits per heavy atom. The molecule has 0 aliphatic carbocycles. The highest BCUT2D eigenvalue weighted by molar-refractivity contribution is 7.99. The first-order chi connectivity index (χ1) is 7.65. The number of carboxylic acid groups (broad SMARTS) is 1. The number of hydrogen-bond acceptors (Lipinski definition) is 6. The van der Waals surface area contributed by atoms with Crippen molar-refractivity contribution >= 4 is 17.7 Å². The van der Waals surface area contributed by atoms with Crippen molar-refractivity contribution < 1.29 is 14.3 Å². The van der Waals surface area contributed by atoms with Gasteiger partial charge in [-0.05, 0) is 6.07 Å². The molecule has 0 saturated heterocycles. The van der Waals surface area contributed by atoms with Crippen LogP contribution in [0.25, 0.3) is 11.6 Å². The zero-order valence-corrected chi connectivity index (χ0v) is 9.14. The first-order valence-corrected chi connectivity index (χ1v) is 5.32. The maximum absolute atomic E-state index is 10.3. The van der Waals surface area contributed by atoms with Gasteiger partial charge in [0.1, 0.15) is 11.4 Å². The van der Waals surface area contributed by atoms with Crippen molar-refractivity contribution in [2.45, 2.75) is 5.22 Å². The molecule has 0 aliphatic heterocycles. The Morgan fingerprint density at radius 2 is 2.44 bits per heavy atom. The van der Waals surface area contributed by atoms with E-state index in [9.17, 15) is 4.79 Å². The maximum Gasteiger partial charge on any atom is 0.314 e. The van der Waals surface area contributed by atoms with Gasteiger partial charge in [0, 0.05) is 13.2 Å². The van der Waals surface area contributed by atoms with E-state index in [1.807, 2.05) is 0 Å². The number of rotatable bonds is 4. The van der Waals surface area contributed by atoms with Crippen molar-refractivity contribution in [1.29, 1.82) is 0 Å². The van der Waals surface area contributed by atoms with Crippen molar-refractivity contribution in [2.75, 3.05) is 5.75 Å². The van der Waals surface area contributed by atoms with Crippen LogP contribution in [0.4, 0.5) is 0 Å². The van der Waals surface area contributed by atoms with Crippen LogP contribution in [-0.2, 0) is 11.8 Å². The molecule has 7 nitrogen and oxygen atoms in total. The molecule has 84 valence electrons. The number of thioether (sulfide) groups is 1. The van der Waals surface area contributed by atoms with E-state index in [0.29, 0.717) is 5.69 Å². The number of hydrogen-bond donors (Lipinski definition) is 1. The van der Waals surface area contributed by atoms with Gasteiger partial charge in [-0.3, -0.25) is 9.48 Å². The third kappa shape index (κ3) is 2.40. The van der Waals surface area contributed by atoms with Crippen molar-refractivity contribution in [2.24, 2.45) is 7.05 Å². The zero-order valence-electron chi connectivity index (χ0n) is 8.32. The van der Waals surface area contributed by atoms with Crippen LogP contribution in [0.2, 0.25) is 0 Å². The van der Waals surface area contributed by atoms with E-state index in [1.165, 1.54) is 0 Å². The zero-order chi connectivity index (χ0) is 11.5. The van der Waals surface area contributed by atoms with Gasteiger partial charge in [-0.1, -0.05) is 11.8 Å². The summed E-state index contributed by atoms with van der Waals surface area (Å²) in [6.07, 6.45) is 1.75. The molecule has 0 radical (unpaired) electrons. The molecule has 0 fully saturated rings. The second-order valence-electron chi connectivity index (χ2n) is 2.93. The molecular weight excluding hydrogens is 232 g/mol. The van der Waals surface area contributed by atoms with Crippen LogP contribution in [0.1, 0.15) is 0 Å². The summed E-state index contributed by atoms with van der Waals surface area (Å²) in [7, 11) is 1.78. The topological polar surface area (TPSA) is 94.0 Å². The number of aryl methyl sites for hydroxylation is 1. The molecule has 2 rings (SSSR count). The SMILES string of the molecule is Cn1ccc(-c2nnc(SCC(=O)O)o2)n1. The molecule has 0 amide bonds. The second kappa shape index (κ2) is 4.35. The molecule has 0 spiro atoms. The van der Waals surface area contributed by atoms with Crippen molar-refractivity contribution in [3.63, 3.8) is 0 Å². The lowest BCUT2D eigenvalue weighted by Gasteiger charge is -1.88. The van der Waals surface area contributed by atoms with E-state index in [4.69, 9.17) is 9.52 Å². The number of carbonyl (C=O) groups is 1. The highest BCUT2D eigenvalue weighted by atomic mass is 32.2. The van der Waals surface area contributed by atoms with Gasteiger partial charge in [0.05, 0.1) is 0 Å². The Balaban J connectivity index is 2.10. The summed E-state index contributed by atoms with van der Waals surface area (Å²) in [5, 5.41) is 20.3. The van der Waals surface area contributed by atoms with E-state index in [0.717, 1.165) is 11.8 Å². The third-order valence-corrected chi connectivity index (χ3v) is 2.46. The summed E-state index contributed by atoms with van der Waals surface area (Å²) >= 11 is 0.976. The highest BCUT2D eigenvalue weighted by Gasteiger charge is 2.12. The highest BCUT2D eigenvalue weighted by Crippen LogP contribution is 2.21. The lowest BCUT2D eigenvalue weighted by Crippen LogP contribution is -1.97. The monoisotopic (exact) mass is 240 g/mol. The number of nitrogens with zero attached hydrogens (tertiary/aromatic N) is 4. The number of carboxylic acids is 1. The summed E-state index contributed by atoms with van der Waals surface area (Å²) < 4.78 is 6.85. The molecule has 0 aromatic carbocycles. The smallest absolute Gasteiger partial charge is 0.314 e. The van der Waals surface area contributed by atoms with Crippen molar-refractivity contribution in [1.82, 2.24) is 20.0 Å². The molecule has 16 heavy (non-hydrogen) atoms. The first kappa shape index (κ1) is 10.7. The van der Waals surface area contributed by atoms with Gasteiger partial charge in [-0.15, -0.1) is 10.2 Å². The fourth-order valence-corrected chi connectivity index (χ4v) is 1.51. The van der Waals surface area contributed by atoms with Crippen LogP contribution in [0, 0.1) is 0 Å². The van der Waals surface area contributed by atoms with E-state index in [1.54, 1.807) is 24.0 Å². The van der Waals surface area contributed by atoms with Gasteiger partial charge in [0.2, 0.25) is 0 Å². The summed E-state index contributed by atoms with van der Waals surface area (Å²) in [5.74, 6) is -0.750. The summed E-state index contributed by atoms with van der Waals surface area (Å²) in [5.41, 5.74) is 0.567. The molecule has 0 unspecified atom stereocenters. The van der Waals surface area contributed by atoms with E-state index < -0.39 is 5.97 Å². The van der Waals surface area contributed by atoms with Gasteiger partial charge < -0.3 is 9.52 Å². The Hall–Kier alpha value is -1.83. The molecule has 8 heteroatoms. The molecule has 0 atom stereocenters. The third-order valence-electron chi connectivity index (χ3n) is 1.66. The predicted octanol–water partition coefficient (Wildman–Crippen LogP) is 0.647. The molecule has 2 aromatic heterocycles. The Morgan fingerprint density at radius 3 is 3.06 bits per heavy atom. The van der Waals surface area contributed by atoms with E-state index >= 15 is 0 Å². The molecule has 1 N–H and O–H groups in total. The minimum atomic E-state index is -0.928. The average molecular weight is 240 g/mol. The van der Waals surface area contributed by atoms with Crippen LogP contribution >= 0.6 is 11.8 Å². The Labute approximate surface area is 94.5 Å². The van der Waals surface area contributed by atoms with Gasteiger partial charge in [-0.25, -0.2) is 0 Å². The van der Waals surface area contributed by atoms with Crippen LogP contribution in [0.15, 0.2) is 21.9 Å². The largest absolute Gasteiger partial charge is 0.481 e. The minimum Gasteiger partial charge on any atom is -0.481 e. The van der Waals surface area contributed by atoms with Crippen molar-refractivity contribution in [3.8, 4) is 11.6 Å². The quantitative estimate of drug-likeness (QED) is 0.784. The summed E-state index contributed by atoms with van der Waals surface area (Å²) in [4.78, 5) is 10.3. The number of aromatic nitrogens is 4. The first-order valence-electron chi connectivity index (χ1n) is 4.33. The fraction of sp³-hybridized carbons (Fsp3) is 0.250. The standard InChI is InChI=1S/C8H8N4O3S/c1-12-3-2-5(11-12)7-9-10-8(15-7)16-4-6(13)14/h2-3H,4H2,1H3,(H,13,14). The van der Waals surface area contributed by atoms with Gasteiger partial charge >= 0.3 is 5.97 Å². The summed E-state index contributed by atoms with van der Waals surface area (Å²) in [6, 6.07) is 1.74. The lowest BCUT2D eigenvalue weighted by molar-refractivity contribution is -0.133. The fourth-order valence-electron chi connectivity index (χ4n) is 1.02. The van der Waals surface area contributed by atoms with Crippen molar-refractivity contribution in [3.05, 3.63) is 12.3 Å². The van der Waals surface area contributed by atoms with Crippen LogP contribution in [0.5, 0.6) is 0 Å². The number of aliphatic carboxylic acids is 1. The lowest BCUT2D eigenvalue weighted by atomic mass is 10.4. The van der Waals surface area contributed by atoms with Crippen LogP contribution in [0.3, 0.4) is 0 Å². The second-order valence-corrected chi connectivity index (χ2v) is 3.86. The summed E-state index contributed by atoms with van der Waals surface area (Å²) in [6.45, 7) is 0. The molecule has 0 saturated carbocycles. The molecule has 0 bridgehead atoms. The maximum atomic E-state index is 10.3. The molecule has 0 aliphatic rings. The predicted molar refractivity (Wildman–Crippen MR) is 54.9 cm³/mol. The average Bonchev–Trinajstić information content (AvgIpc) is 2.83.